The van der Waals surface area contributed by atoms with E-state index >= 15 is 0 Å². The Morgan fingerprint density at radius 1 is 0.938 bits per heavy atom. The van der Waals surface area contributed by atoms with Gasteiger partial charge in [-0.25, -0.2) is 4.79 Å². The van der Waals surface area contributed by atoms with E-state index < -0.39 is 70.4 Å². The minimum Gasteiger partial charge on any atom is -0.346 e. The molecule has 0 spiro atoms. The van der Waals surface area contributed by atoms with Crippen molar-refractivity contribution in [2.75, 3.05) is 19.6 Å². The molecule has 0 aromatic rings. The van der Waals surface area contributed by atoms with Gasteiger partial charge < -0.3 is 31.5 Å². The minimum atomic E-state index is -1.00. The van der Waals surface area contributed by atoms with Gasteiger partial charge in [0.2, 0.25) is 23.5 Å². The topological polar surface area (TPSA) is 166 Å². The van der Waals surface area contributed by atoms with Gasteiger partial charge in [0.05, 0.1) is 6.04 Å². The molecule has 0 aromatic heterocycles. The SMILES string of the molecule is C=CCNC(=O)C(=O)C(CC1CC1)NC(=O)[C@@H]1[C@@H](C(C)C)CCN1C(=O)[C@@H](NC(=O)[C@@H](NC(=O)NCC)C1(C)CCCCC1)C(C)(C)C. The van der Waals surface area contributed by atoms with Crippen molar-refractivity contribution in [1.29, 1.82) is 0 Å². The predicted molar refractivity (Wildman–Crippen MR) is 185 cm³/mol. The summed E-state index contributed by atoms with van der Waals surface area (Å²) in [7, 11) is 0. The molecule has 0 bridgehead atoms. The van der Waals surface area contributed by atoms with Crippen molar-refractivity contribution in [2.24, 2.45) is 28.6 Å². The molecule has 6 amide bonds. The van der Waals surface area contributed by atoms with Crippen LogP contribution in [0.15, 0.2) is 12.7 Å². The number of nitrogens with zero attached hydrogens (tertiary/aromatic N) is 1. The van der Waals surface area contributed by atoms with E-state index in [1.54, 1.807) is 11.8 Å². The summed E-state index contributed by atoms with van der Waals surface area (Å²) in [5.41, 5.74) is -1.22. The summed E-state index contributed by atoms with van der Waals surface area (Å²) in [6.45, 7) is 17.8. The van der Waals surface area contributed by atoms with E-state index in [2.05, 4.69) is 33.2 Å². The molecule has 1 saturated heterocycles. The summed E-state index contributed by atoms with van der Waals surface area (Å²) < 4.78 is 0. The van der Waals surface area contributed by atoms with Gasteiger partial charge in [-0.1, -0.05) is 79.7 Å². The number of nitrogens with one attached hydrogen (secondary N) is 5. The number of carbonyl (C=O) groups is 6. The smallest absolute Gasteiger partial charge is 0.315 e. The van der Waals surface area contributed by atoms with Gasteiger partial charge in [0, 0.05) is 19.6 Å². The van der Waals surface area contributed by atoms with Crippen molar-refractivity contribution in [2.45, 2.75) is 130 Å². The summed E-state index contributed by atoms with van der Waals surface area (Å²) in [4.78, 5) is 82.8. The third-order valence-corrected chi connectivity index (χ3v) is 10.3. The van der Waals surface area contributed by atoms with Crippen LogP contribution in [0.1, 0.15) is 106 Å². The molecule has 2 aliphatic carbocycles. The van der Waals surface area contributed by atoms with E-state index in [-0.39, 0.29) is 24.3 Å². The Hall–Kier alpha value is -3.44. The van der Waals surface area contributed by atoms with Crippen molar-refractivity contribution in [3.8, 4) is 0 Å². The number of hydrogen-bond acceptors (Lipinski definition) is 6. The molecule has 2 saturated carbocycles. The molecule has 1 unspecified atom stereocenters. The quantitative estimate of drug-likeness (QED) is 0.132. The summed E-state index contributed by atoms with van der Waals surface area (Å²) in [5, 5.41) is 14.0. The first kappa shape index (κ1) is 39.0. The number of hydrogen-bond donors (Lipinski definition) is 5. The number of amides is 6. The zero-order valence-electron chi connectivity index (χ0n) is 30.2. The summed E-state index contributed by atoms with van der Waals surface area (Å²) in [6, 6.07) is -4.18. The molecule has 48 heavy (non-hydrogen) atoms. The predicted octanol–water partition coefficient (Wildman–Crippen LogP) is 3.20. The molecule has 12 nitrogen and oxygen atoms in total. The molecule has 0 aromatic carbocycles. The van der Waals surface area contributed by atoms with Gasteiger partial charge >= 0.3 is 6.03 Å². The van der Waals surface area contributed by atoms with Crippen LogP contribution in [-0.4, -0.2) is 84.1 Å². The van der Waals surface area contributed by atoms with Crippen molar-refractivity contribution in [3.63, 3.8) is 0 Å². The van der Waals surface area contributed by atoms with Crippen molar-refractivity contribution >= 4 is 35.4 Å². The Bertz CT molecular complexity index is 1200. The fourth-order valence-electron chi connectivity index (χ4n) is 7.27. The standard InChI is InChI=1S/C36H60N6O6/c1-9-19-38-31(45)27(43)25(21-23-14-15-23)39-30(44)26-24(22(3)4)16-20-42(26)33(47)29(35(5,6)7)40-32(46)28(41-34(48)37-10-2)36(8)17-12-11-13-18-36/h9,22-26,28-29H,1,10-21H2,2-8H3,(H,38,45)(H,39,44)(H,40,46)(H2,37,41,48)/t24-,25?,26+,28-,29-/m1/s1. The maximum Gasteiger partial charge on any atom is 0.315 e. The van der Waals surface area contributed by atoms with E-state index in [9.17, 15) is 28.8 Å². The maximum absolute atomic E-state index is 14.5. The first-order valence-corrected chi connectivity index (χ1v) is 17.9. The van der Waals surface area contributed by atoms with Crippen LogP contribution in [0.4, 0.5) is 4.79 Å². The normalized spacial score (nSPS) is 22.5. The van der Waals surface area contributed by atoms with Crippen molar-refractivity contribution < 1.29 is 28.8 Å². The molecule has 5 atom stereocenters. The Morgan fingerprint density at radius 2 is 1.58 bits per heavy atom. The van der Waals surface area contributed by atoms with Crippen LogP contribution in [0, 0.1) is 28.6 Å². The monoisotopic (exact) mass is 672 g/mol. The zero-order valence-corrected chi connectivity index (χ0v) is 30.2. The molecule has 3 rings (SSSR count). The summed E-state index contributed by atoms with van der Waals surface area (Å²) >= 11 is 0. The van der Waals surface area contributed by atoms with E-state index in [0.29, 0.717) is 25.9 Å². The summed E-state index contributed by atoms with van der Waals surface area (Å²) in [5.74, 6) is -2.68. The highest BCUT2D eigenvalue weighted by Gasteiger charge is 2.49. The fraction of sp³-hybridized carbons (Fsp3) is 0.778. The first-order valence-electron chi connectivity index (χ1n) is 17.9. The number of carbonyl (C=O) groups excluding carboxylic acids is 6. The molecule has 5 N–H and O–H groups in total. The van der Waals surface area contributed by atoms with Crippen LogP contribution in [0.5, 0.6) is 0 Å². The number of rotatable bonds is 15. The summed E-state index contributed by atoms with van der Waals surface area (Å²) in [6.07, 6.45) is 8.76. The highest BCUT2D eigenvalue weighted by molar-refractivity contribution is 6.38. The minimum absolute atomic E-state index is 0.0478. The average molecular weight is 673 g/mol. The Morgan fingerprint density at radius 3 is 2.12 bits per heavy atom. The van der Waals surface area contributed by atoms with Gasteiger partial charge in [-0.05, 0) is 61.2 Å². The highest BCUT2D eigenvalue weighted by atomic mass is 16.2. The van der Waals surface area contributed by atoms with Gasteiger partial charge in [0.15, 0.2) is 0 Å². The molecule has 3 aliphatic rings. The molecular formula is C36H60N6O6. The van der Waals surface area contributed by atoms with Crippen LogP contribution in [0.2, 0.25) is 0 Å². The van der Waals surface area contributed by atoms with Crippen LogP contribution < -0.4 is 26.6 Å². The average Bonchev–Trinajstić information content (AvgIpc) is 3.72. The second-order valence-electron chi connectivity index (χ2n) is 15.7. The van der Waals surface area contributed by atoms with E-state index in [0.717, 1.165) is 44.9 Å². The fourth-order valence-corrected chi connectivity index (χ4v) is 7.27. The lowest BCUT2D eigenvalue weighted by Crippen LogP contribution is -2.64. The second-order valence-corrected chi connectivity index (χ2v) is 15.7. The Kier molecular flexibility index (Phi) is 13.6. The van der Waals surface area contributed by atoms with Crippen LogP contribution in [0.25, 0.3) is 0 Å². The second kappa shape index (κ2) is 16.8. The zero-order chi connectivity index (χ0) is 35.8. The van der Waals surface area contributed by atoms with Crippen LogP contribution in [0.3, 0.4) is 0 Å². The Labute approximate surface area is 286 Å². The number of likely N-dealkylation sites (tertiary alicyclic amines) is 1. The van der Waals surface area contributed by atoms with Gasteiger partial charge in [0.25, 0.3) is 5.91 Å². The van der Waals surface area contributed by atoms with E-state index in [1.807, 2.05) is 41.5 Å². The highest BCUT2D eigenvalue weighted by Crippen LogP contribution is 2.40. The molecular weight excluding hydrogens is 612 g/mol. The van der Waals surface area contributed by atoms with Crippen molar-refractivity contribution in [1.82, 2.24) is 31.5 Å². The van der Waals surface area contributed by atoms with Gasteiger partial charge in [0.1, 0.15) is 18.1 Å². The lowest BCUT2D eigenvalue weighted by Gasteiger charge is -2.42. The molecule has 1 heterocycles. The van der Waals surface area contributed by atoms with E-state index in [4.69, 9.17) is 0 Å². The van der Waals surface area contributed by atoms with Crippen LogP contribution >= 0.6 is 0 Å². The first-order chi connectivity index (χ1) is 22.5. The number of ketones is 1. The van der Waals surface area contributed by atoms with Gasteiger partial charge in [-0.15, -0.1) is 6.58 Å². The third-order valence-electron chi connectivity index (χ3n) is 10.3. The number of Topliss-reactive ketones (excluding diaryl/α,β-unsaturated/α-hetero) is 1. The third kappa shape index (κ3) is 10.0. The van der Waals surface area contributed by atoms with Crippen molar-refractivity contribution in [3.05, 3.63) is 12.7 Å². The molecule has 12 heteroatoms. The molecule has 270 valence electrons. The van der Waals surface area contributed by atoms with Crippen LogP contribution in [-0.2, 0) is 24.0 Å². The lowest BCUT2D eigenvalue weighted by atomic mass is 9.70. The van der Waals surface area contributed by atoms with Gasteiger partial charge in [-0.2, -0.15) is 0 Å². The molecule has 3 fully saturated rings. The maximum atomic E-state index is 14.5. The molecule has 0 radical (unpaired) electrons. The molecule has 1 aliphatic heterocycles. The van der Waals surface area contributed by atoms with Gasteiger partial charge in [-0.3, -0.25) is 24.0 Å². The lowest BCUT2D eigenvalue weighted by molar-refractivity contribution is -0.146. The van der Waals surface area contributed by atoms with E-state index in [1.165, 1.54) is 6.08 Å². The Balaban J connectivity index is 1.89. The largest absolute Gasteiger partial charge is 0.346 e. The number of urea groups is 1.